The molecule has 0 unspecified atom stereocenters. The fourth-order valence-electron chi connectivity index (χ4n) is 4.26. The third-order valence-electron chi connectivity index (χ3n) is 5.67. The number of allylic oxidation sites excluding steroid dienone is 3. The first-order chi connectivity index (χ1) is 12.8. The summed E-state index contributed by atoms with van der Waals surface area (Å²) in [5.41, 5.74) is 3.59. The molecular weight excluding hydrogens is 358 g/mol. The fourth-order valence-corrected chi connectivity index (χ4v) is 5.90. The van der Waals surface area contributed by atoms with E-state index < -0.39 is 14.8 Å². The summed E-state index contributed by atoms with van der Waals surface area (Å²) < 4.78 is 27.4. The third kappa shape index (κ3) is 3.91. The number of hydrogen-bond acceptors (Lipinski definition) is 3. The van der Waals surface area contributed by atoms with Gasteiger partial charge in [0.15, 0.2) is 0 Å². The summed E-state index contributed by atoms with van der Waals surface area (Å²) in [5.74, 6) is 0.207. The van der Waals surface area contributed by atoms with Gasteiger partial charge in [0.1, 0.15) is 0 Å². The Hall–Kier alpha value is -1.43. The van der Waals surface area contributed by atoms with Gasteiger partial charge >= 0.3 is 0 Å². The molecule has 0 radical (unpaired) electrons. The molecular formula is C22H31NO3S. The second-order valence-electron chi connectivity index (χ2n) is 8.46. The first-order valence-corrected chi connectivity index (χ1v) is 11.3. The number of fused-ring (bicyclic) bond motifs is 1. The molecule has 3 rings (SSSR count). The Morgan fingerprint density at radius 3 is 2.48 bits per heavy atom. The lowest BCUT2D eigenvalue weighted by molar-refractivity contribution is 0.254. The molecule has 2 aliphatic rings. The van der Waals surface area contributed by atoms with E-state index in [0.717, 1.165) is 24.8 Å². The summed E-state index contributed by atoms with van der Waals surface area (Å²) in [6, 6.07) is 10.0. The Labute approximate surface area is 163 Å². The van der Waals surface area contributed by atoms with E-state index in [-0.39, 0.29) is 18.6 Å². The van der Waals surface area contributed by atoms with Crippen LogP contribution < -0.4 is 0 Å². The van der Waals surface area contributed by atoms with Gasteiger partial charge < -0.3 is 5.11 Å². The zero-order valence-corrected chi connectivity index (χ0v) is 17.4. The van der Waals surface area contributed by atoms with Crippen LogP contribution in [0.4, 0.5) is 0 Å². The predicted molar refractivity (Wildman–Crippen MR) is 111 cm³/mol. The standard InChI is InChI=1S/C22H31NO3S/c1-22(2,3)27(25,26)23-16-18-12-8-5-9-13-19(17-10-6-4-7-11-17)21(18)20(23)14-15-24/h4-7,9-11,18,20,24H,8,12-16H2,1-3H3/b9-5-,21-19-/t18-,20+/m0/s1. The molecule has 27 heavy (non-hydrogen) atoms. The van der Waals surface area contributed by atoms with Gasteiger partial charge in [-0.3, -0.25) is 0 Å². The lowest BCUT2D eigenvalue weighted by atomic mass is 9.83. The first-order valence-electron chi connectivity index (χ1n) is 9.83. The summed E-state index contributed by atoms with van der Waals surface area (Å²) in [6.07, 6.45) is 7.57. The molecule has 4 nitrogen and oxygen atoms in total. The molecule has 1 fully saturated rings. The molecule has 0 saturated carbocycles. The van der Waals surface area contributed by atoms with Crippen molar-refractivity contribution >= 4 is 15.6 Å². The van der Waals surface area contributed by atoms with E-state index in [1.54, 1.807) is 25.1 Å². The minimum atomic E-state index is -3.47. The second kappa shape index (κ2) is 7.90. The molecule has 0 spiro atoms. The zero-order chi connectivity index (χ0) is 19.7. The molecule has 148 valence electrons. The number of benzene rings is 1. The Bertz CT molecular complexity index is 819. The van der Waals surface area contributed by atoms with Crippen molar-refractivity contribution in [1.82, 2.24) is 4.31 Å². The van der Waals surface area contributed by atoms with E-state index in [1.807, 2.05) is 18.2 Å². The topological polar surface area (TPSA) is 57.6 Å². The summed E-state index contributed by atoms with van der Waals surface area (Å²) in [7, 11) is -3.47. The highest BCUT2D eigenvalue weighted by Crippen LogP contribution is 2.44. The molecule has 5 heteroatoms. The van der Waals surface area contributed by atoms with Crippen LogP contribution >= 0.6 is 0 Å². The van der Waals surface area contributed by atoms with Crippen LogP contribution in [0.2, 0.25) is 0 Å². The van der Waals surface area contributed by atoms with Gasteiger partial charge in [0.05, 0.1) is 4.75 Å². The lowest BCUT2D eigenvalue weighted by Crippen LogP contribution is -2.46. The molecule has 1 N–H and O–H groups in total. The molecule has 1 aliphatic carbocycles. The van der Waals surface area contributed by atoms with Gasteiger partial charge in [-0.05, 0) is 69.1 Å². The minimum Gasteiger partial charge on any atom is -0.396 e. The van der Waals surface area contributed by atoms with Crippen molar-refractivity contribution in [2.45, 2.75) is 57.2 Å². The fraction of sp³-hybridized carbons (Fsp3) is 0.545. The SMILES string of the molecule is CC(C)(C)S(=O)(=O)N1C[C@@H]2CC/C=C\C/C(c3ccccc3)=C\2[C@H]1CCO. The van der Waals surface area contributed by atoms with Crippen LogP contribution in [-0.4, -0.2) is 41.8 Å². The average molecular weight is 390 g/mol. The van der Waals surface area contributed by atoms with Crippen molar-refractivity contribution in [3.63, 3.8) is 0 Å². The van der Waals surface area contributed by atoms with Crippen LogP contribution in [0.3, 0.4) is 0 Å². The van der Waals surface area contributed by atoms with Crippen LogP contribution in [0.1, 0.15) is 52.0 Å². The van der Waals surface area contributed by atoms with Gasteiger partial charge in [0, 0.05) is 19.2 Å². The van der Waals surface area contributed by atoms with Crippen LogP contribution in [0.5, 0.6) is 0 Å². The van der Waals surface area contributed by atoms with Crippen molar-refractivity contribution in [2.75, 3.05) is 13.2 Å². The molecule has 1 heterocycles. The third-order valence-corrected chi connectivity index (χ3v) is 8.24. The lowest BCUT2D eigenvalue weighted by Gasteiger charge is -2.31. The van der Waals surface area contributed by atoms with Crippen molar-refractivity contribution < 1.29 is 13.5 Å². The highest BCUT2D eigenvalue weighted by atomic mass is 32.2. The monoisotopic (exact) mass is 389 g/mol. The van der Waals surface area contributed by atoms with Gasteiger partial charge in [-0.2, -0.15) is 4.31 Å². The maximum Gasteiger partial charge on any atom is 0.219 e. The molecule has 0 aromatic heterocycles. The van der Waals surface area contributed by atoms with Crippen molar-refractivity contribution in [1.29, 1.82) is 0 Å². The molecule has 1 aromatic rings. The summed E-state index contributed by atoms with van der Waals surface area (Å²) in [5, 5.41) is 9.73. The van der Waals surface area contributed by atoms with E-state index in [1.165, 1.54) is 11.1 Å². The second-order valence-corrected chi connectivity index (χ2v) is 11.1. The van der Waals surface area contributed by atoms with E-state index in [9.17, 15) is 13.5 Å². The van der Waals surface area contributed by atoms with Crippen molar-refractivity contribution in [2.24, 2.45) is 5.92 Å². The molecule has 1 aromatic carbocycles. The van der Waals surface area contributed by atoms with Gasteiger partial charge in [-0.1, -0.05) is 42.5 Å². The van der Waals surface area contributed by atoms with E-state index in [2.05, 4.69) is 24.3 Å². The maximum absolute atomic E-state index is 13.3. The number of aliphatic hydroxyl groups excluding tert-OH is 1. The number of nitrogens with zero attached hydrogens (tertiary/aromatic N) is 1. The van der Waals surface area contributed by atoms with Gasteiger partial charge in [-0.15, -0.1) is 0 Å². The predicted octanol–water partition coefficient (Wildman–Crippen LogP) is 3.99. The number of aliphatic hydroxyl groups is 1. The average Bonchev–Trinajstić information content (AvgIpc) is 2.93. The van der Waals surface area contributed by atoms with Crippen molar-refractivity contribution in [3.8, 4) is 0 Å². The Morgan fingerprint density at radius 2 is 1.85 bits per heavy atom. The van der Waals surface area contributed by atoms with Gasteiger partial charge in [0.2, 0.25) is 10.0 Å². The summed E-state index contributed by atoms with van der Waals surface area (Å²) in [6.45, 7) is 5.77. The molecule has 0 bridgehead atoms. The van der Waals surface area contributed by atoms with Crippen LogP contribution in [-0.2, 0) is 10.0 Å². The number of rotatable bonds is 4. The molecule has 2 atom stereocenters. The van der Waals surface area contributed by atoms with Crippen LogP contribution in [0, 0.1) is 5.92 Å². The van der Waals surface area contributed by atoms with Gasteiger partial charge in [-0.25, -0.2) is 8.42 Å². The van der Waals surface area contributed by atoms with E-state index >= 15 is 0 Å². The Kier molecular flexibility index (Phi) is 5.94. The van der Waals surface area contributed by atoms with E-state index in [4.69, 9.17) is 0 Å². The zero-order valence-electron chi connectivity index (χ0n) is 16.6. The first kappa shape index (κ1) is 20.3. The smallest absolute Gasteiger partial charge is 0.219 e. The number of hydrogen-bond donors (Lipinski definition) is 1. The molecule has 1 aliphatic heterocycles. The normalized spacial score (nSPS) is 28.4. The molecule has 0 amide bonds. The summed E-state index contributed by atoms with van der Waals surface area (Å²) in [4.78, 5) is 0. The maximum atomic E-state index is 13.3. The van der Waals surface area contributed by atoms with Crippen LogP contribution in [0.15, 0.2) is 48.1 Å². The van der Waals surface area contributed by atoms with Crippen LogP contribution in [0.25, 0.3) is 5.57 Å². The molecule has 1 saturated heterocycles. The largest absolute Gasteiger partial charge is 0.396 e. The minimum absolute atomic E-state index is 0.0189. The highest BCUT2D eigenvalue weighted by Gasteiger charge is 2.47. The van der Waals surface area contributed by atoms with E-state index in [0.29, 0.717) is 13.0 Å². The highest BCUT2D eigenvalue weighted by molar-refractivity contribution is 7.90. The Morgan fingerprint density at radius 1 is 1.15 bits per heavy atom. The van der Waals surface area contributed by atoms with Crippen molar-refractivity contribution in [3.05, 3.63) is 53.6 Å². The number of sulfonamides is 1. The Balaban J connectivity index is 2.16. The van der Waals surface area contributed by atoms with Gasteiger partial charge in [0.25, 0.3) is 0 Å². The summed E-state index contributed by atoms with van der Waals surface area (Å²) >= 11 is 0. The quantitative estimate of drug-likeness (QED) is 0.792.